The second-order valence-electron chi connectivity index (χ2n) is 6.98. The first kappa shape index (κ1) is 13.2. The number of rotatable bonds is 1. The average molecular weight is 264 g/mol. The highest BCUT2D eigenvalue weighted by atomic mass is 16.6. The standard InChI is InChI=1S/C16H24O3/c1-10-5-6-13-16(3,19-13)8-7-12-11(10)9-15(12,2)14(17)18-4/h11-13H,1,5-9H2,2-4H3/t11-,12-,13-,15-,16-/m0/s1. The van der Waals surface area contributed by atoms with Crippen molar-refractivity contribution in [1.82, 2.24) is 0 Å². The zero-order valence-electron chi connectivity index (χ0n) is 12.2. The molecule has 5 atom stereocenters. The van der Waals surface area contributed by atoms with Crippen LogP contribution in [0.1, 0.15) is 46.0 Å². The first-order valence-electron chi connectivity index (χ1n) is 7.34. The molecule has 0 radical (unpaired) electrons. The lowest BCUT2D eigenvalue weighted by molar-refractivity contribution is -0.168. The zero-order chi connectivity index (χ0) is 13.8. The molecule has 3 aliphatic rings. The molecule has 3 fully saturated rings. The second-order valence-corrected chi connectivity index (χ2v) is 6.98. The molecule has 1 saturated heterocycles. The van der Waals surface area contributed by atoms with Gasteiger partial charge in [0.1, 0.15) is 0 Å². The lowest BCUT2D eigenvalue weighted by atomic mass is 9.51. The van der Waals surface area contributed by atoms with Crippen LogP contribution in [0.5, 0.6) is 0 Å². The molecule has 0 amide bonds. The van der Waals surface area contributed by atoms with E-state index in [-0.39, 0.29) is 17.0 Å². The van der Waals surface area contributed by atoms with Gasteiger partial charge in [-0.1, -0.05) is 12.2 Å². The summed E-state index contributed by atoms with van der Waals surface area (Å²) in [6, 6.07) is 0. The molecule has 2 aliphatic carbocycles. The van der Waals surface area contributed by atoms with Gasteiger partial charge in [0.15, 0.2) is 0 Å². The largest absolute Gasteiger partial charge is 0.469 e. The fourth-order valence-corrected chi connectivity index (χ4v) is 4.27. The number of epoxide rings is 1. The van der Waals surface area contributed by atoms with E-state index in [0.29, 0.717) is 17.9 Å². The summed E-state index contributed by atoms with van der Waals surface area (Å²) in [5.41, 5.74) is 1.06. The van der Waals surface area contributed by atoms with Crippen LogP contribution < -0.4 is 0 Å². The third kappa shape index (κ3) is 1.85. The Kier molecular flexibility index (Phi) is 2.83. The van der Waals surface area contributed by atoms with Gasteiger partial charge in [0.05, 0.1) is 24.2 Å². The van der Waals surface area contributed by atoms with Gasteiger partial charge in [-0.25, -0.2) is 0 Å². The van der Waals surface area contributed by atoms with E-state index in [2.05, 4.69) is 20.4 Å². The fourth-order valence-electron chi connectivity index (χ4n) is 4.27. The van der Waals surface area contributed by atoms with Crippen LogP contribution in [0.15, 0.2) is 12.2 Å². The van der Waals surface area contributed by atoms with Crippen LogP contribution >= 0.6 is 0 Å². The first-order valence-corrected chi connectivity index (χ1v) is 7.34. The predicted molar refractivity (Wildman–Crippen MR) is 72.6 cm³/mol. The van der Waals surface area contributed by atoms with Gasteiger partial charge < -0.3 is 9.47 Å². The Balaban J connectivity index is 1.80. The molecule has 0 aromatic rings. The lowest BCUT2D eigenvalue weighted by Gasteiger charge is -2.52. The Bertz CT molecular complexity index is 430. The Morgan fingerprint density at radius 1 is 1.42 bits per heavy atom. The quantitative estimate of drug-likeness (QED) is 0.415. The van der Waals surface area contributed by atoms with Crippen LogP contribution in [0, 0.1) is 17.3 Å². The maximum Gasteiger partial charge on any atom is 0.311 e. The molecule has 1 aliphatic heterocycles. The third-order valence-electron chi connectivity index (χ3n) is 5.84. The summed E-state index contributed by atoms with van der Waals surface area (Å²) in [6.45, 7) is 8.52. The minimum Gasteiger partial charge on any atom is -0.469 e. The van der Waals surface area contributed by atoms with E-state index in [1.54, 1.807) is 0 Å². The summed E-state index contributed by atoms with van der Waals surface area (Å²) in [5.74, 6) is 0.830. The molecule has 2 saturated carbocycles. The minimum absolute atomic E-state index is 0.0563. The summed E-state index contributed by atoms with van der Waals surface area (Å²) in [6.07, 6.45) is 5.55. The van der Waals surface area contributed by atoms with E-state index in [1.165, 1.54) is 12.7 Å². The Hall–Kier alpha value is -0.830. The van der Waals surface area contributed by atoms with Crippen molar-refractivity contribution in [1.29, 1.82) is 0 Å². The number of allylic oxidation sites excluding steroid dienone is 1. The van der Waals surface area contributed by atoms with Gasteiger partial charge in [0.25, 0.3) is 0 Å². The fraction of sp³-hybridized carbons (Fsp3) is 0.812. The number of methoxy groups -OCH3 is 1. The smallest absolute Gasteiger partial charge is 0.311 e. The van der Waals surface area contributed by atoms with Gasteiger partial charge in [-0.2, -0.15) is 0 Å². The van der Waals surface area contributed by atoms with Crippen LogP contribution in [-0.2, 0) is 14.3 Å². The first-order chi connectivity index (χ1) is 8.90. The van der Waals surface area contributed by atoms with Gasteiger partial charge in [-0.05, 0) is 57.8 Å². The van der Waals surface area contributed by atoms with E-state index in [4.69, 9.17) is 9.47 Å². The molecule has 106 valence electrons. The zero-order valence-corrected chi connectivity index (χ0v) is 12.2. The molecule has 3 heteroatoms. The van der Waals surface area contributed by atoms with Crippen LogP contribution in [0.3, 0.4) is 0 Å². The van der Waals surface area contributed by atoms with Crippen LogP contribution in [-0.4, -0.2) is 24.8 Å². The highest BCUT2D eigenvalue weighted by Gasteiger charge is 2.60. The van der Waals surface area contributed by atoms with Crippen molar-refractivity contribution in [3.8, 4) is 0 Å². The highest BCUT2D eigenvalue weighted by Crippen LogP contribution is 2.59. The Labute approximate surface area is 115 Å². The maximum atomic E-state index is 12.1. The van der Waals surface area contributed by atoms with Crippen LogP contribution in [0.25, 0.3) is 0 Å². The Morgan fingerprint density at radius 2 is 2.16 bits per heavy atom. The number of fused-ring (bicyclic) bond motifs is 2. The van der Waals surface area contributed by atoms with Crippen molar-refractivity contribution < 1.29 is 14.3 Å². The minimum atomic E-state index is -0.312. The molecule has 3 nitrogen and oxygen atoms in total. The van der Waals surface area contributed by atoms with E-state index < -0.39 is 0 Å². The monoisotopic (exact) mass is 264 g/mol. The molecule has 0 aromatic heterocycles. The highest BCUT2D eigenvalue weighted by molar-refractivity contribution is 5.78. The number of carbonyl (C=O) groups is 1. The van der Waals surface area contributed by atoms with Crippen molar-refractivity contribution in [2.75, 3.05) is 7.11 Å². The lowest BCUT2D eigenvalue weighted by Crippen LogP contribution is -2.52. The van der Waals surface area contributed by atoms with Gasteiger partial charge >= 0.3 is 5.97 Å². The van der Waals surface area contributed by atoms with Crippen molar-refractivity contribution in [2.45, 2.75) is 57.7 Å². The van der Waals surface area contributed by atoms with Gasteiger partial charge in [-0.3, -0.25) is 4.79 Å². The van der Waals surface area contributed by atoms with Gasteiger partial charge in [0.2, 0.25) is 0 Å². The molecule has 0 unspecified atom stereocenters. The summed E-state index contributed by atoms with van der Waals surface area (Å²) in [5, 5.41) is 0. The van der Waals surface area contributed by atoms with Crippen molar-refractivity contribution in [2.24, 2.45) is 17.3 Å². The number of ether oxygens (including phenoxy) is 2. The number of carbonyl (C=O) groups excluding carboxylic acids is 1. The molecule has 19 heavy (non-hydrogen) atoms. The second kappa shape index (κ2) is 4.08. The molecular formula is C16H24O3. The van der Waals surface area contributed by atoms with Crippen LogP contribution in [0.4, 0.5) is 0 Å². The normalized spacial score (nSPS) is 48.8. The van der Waals surface area contributed by atoms with Crippen molar-refractivity contribution >= 4 is 5.97 Å². The van der Waals surface area contributed by atoms with E-state index in [0.717, 1.165) is 32.1 Å². The molecule has 0 spiro atoms. The molecule has 3 rings (SSSR count). The molecule has 1 heterocycles. The SMILES string of the molecule is C=C1CC[C@@H]2O[C@@]2(C)CC[C@H]2[C@H]1C[C@]2(C)C(=O)OC. The Morgan fingerprint density at radius 3 is 2.84 bits per heavy atom. The van der Waals surface area contributed by atoms with E-state index >= 15 is 0 Å². The topological polar surface area (TPSA) is 38.8 Å². The third-order valence-corrected chi connectivity index (χ3v) is 5.84. The summed E-state index contributed by atoms with van der Waals surface area (Å²) < 4.78 is 10.8. The van der Waals surface area contributed by atoms with Crippen molar-refractivity contribution in [3.63, 3.8) is 0 Å². The van der Waals surface area contributed by atoms with E-state index in [9.17, 15) is 4.79 Å². The molecule has 0 aromatic carbocycles. The summed E-state index contributed by atoms with van der Waals surface area (Å²) >= 11 is 0. The van der Waals surface area contributed by atoms with Gasteiger partial charge in [-0.15, -0.1) is 0 Å². The molecule has 0 N–H and O–H groups in total. The predicted octanol–water partition coefficient (Wildman–Crippen LogP) is 3.09. The van der Waals surface area contributed by atoms with E-state index in [1.807, 2.05) is 0 Å². The number of hydrogen-bond acceptors (Lipinski definition) is 3. The summed E-state index contributed by atoms with van der Waals surface area (Å²) in [4.78, 5) is 12.1. The maximum absolute atomic E-state index is 12.1. The summed E-state index contributed by atoms with van der Waals surface area (Å²) in [7, 11) is 1.49. The van der Waals surface area contributed by atoms with Gasteiger partial charge in [0, 0.05) is 0 Å². The number of esters is 1. The van der Waals surface area contributed by atoms with Crippen molar-refractivity contribution in [3.05, 3.63) is 12.2 Å². The molecular weight excluding hydrogens is 240 g/mol. The average Bonchev–Trinajstić information content (AvgIpc) is 3.01. The number of hydrogen-bond donors (Lipinski definition) is 0. The molecule has 0 bridgehead atoms. The van der Waals surface area contributed by atoms with Crippen LogP contribution in [0.2, 0.25) is 0 Å².